The van der Waals surface area contributed by atoms with E-state index >= 15 is 0 Å². The van der Waals surface area contributed by atoms with Crippen molar-refractivity contribution in [1.82, 2.24) is 20.4 Å². The maximum absolute atomic E-state index is 12.6. The van der Waals surface area contributed by atoms with Crippen LogP contribution >= 0.6 is 0 Å². The molecule has 1 saturated heterocycles. The van der Waals surface area contributed by atoms with Crippen LogP contribution in [0.5, 0.6) is 0 Å². The molecule has 2 amide bonds. The van der Waals surface area contributed by atoms with Crippen LogP contribution in [0.15, 0.2) is 24.3 Å². The fourth-order valence-corrected chi connectivity index (χ4v) is 3.19. The first-order valence-corrected chi connectivity index (χ1v) is 9.14. The first-order chi connectivity index (χ1) is 12.6. The van der Waals surface area contributed by atoms with E-state index in [-0.39, 0.29) is 11.8 Å². The molecule has 0 bridgehead atoms. The second-order valence-electron chi connectivity index (χ2n) is 6.53. The van der Waals surface area contributed by atoms with Gasteiger partial charge in [-0.3, -0.25) is 9.59 Å². The molecular formula is C19H25N5O2. The predicted octanol–water partition coefficient (Wildman–Crippen LogP) is 1.83. The summed E-state index contributed by atoms with van der Waals surface area (Å²) in [6.45, 7) is 4.87. The van der Waals surface area contributed by atoms with Gasteiger partial charge in [0, 0.05) is 50.4 Å². The molecule has 0 saturated carbocycles. The van der Waals surface area contributed by atoms with E-state index in [1.54, 1.807) is 0 Å². The lowest BCUT2D eigenvalue weighted by molar-refractivity contribution is -0.127. The Hall–Kier alpha value is -2.70. The first kappa shape index (κ1) is 18.1. The van der Waals surface area contributed by atoms with Crippen LogP contribution < -0.4 is 10.2 Å². The van der Waals surface area contributed by atoms with Gasteiger partial charge in [-0.15, -0.1) is 10.2 Å². The highest BCUT2D eigenvalue weighted by molar-refractivity contribution is 6.07. The van der Waals surface area contributed by atoms with Gasteiger partial charge in [-0.1, -0.05) is 24.3 Å². The summed E-state index contributed by atoms with van der Waals surface area (Å²) < 4.78 is 0. The van der Waals surface area contributed by atoms with E-state index in [9.17, 15) is 9.59 Å². The van der Waals surface area contributed by atoms with Crippen molar-refractivity contribution >= 4 is 28.4 Å². The quantitative estimate of drug-likeness (QED) is 0.767. The molecule has 1 aromatic heterocycles. The smallest absolute Gasteiger partial charge is 0.272 e. The number of hydrogen-bond donors (Lipinski definition) is 1. The average molecular weight is 355 g/mol. The van der Waals surface area contributed by atoms with Crippen molar-refractivity contribution in [1.29, 1.82) is 0 Å². The van der Waals surface area contributed by atoms with Crippen LogP contribution in [0, 0.1) is 0 Å². The Bertz CT molecular complexity index is 808. The van der Waals surface area contributed by atoms with Gasteiger partial charge in [0.25, 0.3) is 5.91 Å². The van der Waals surface area contributed by atoms with Gasteiger partial charge in [0.1, 0.15) is 0 Å². The summed E-state index contributed by atoms with van der Waals surface area (Å²) in [5.74, 6) is 0.753. The van der Waals surface area contributed by atoms with E-state index in [2.05, 4.69) is 15.5 Å². The van der Waals surface area contributed by atoms with Crippen LogP contribution in [0.25, 0.3) is 10.8 Å². The number of hydrogen-bond acceptors (Lipinski definition) is 5. The van der Waals surface area contributed by atoms with Gasteiger partial charge in [0.2, 0.25) is 5.91 Å². The molecule has 0 unspecified atom stereocenters. The van der Waals surface area contributed by atoms with Crippen molar-refractivity contribution < 1.29 is 9.59 Å². The number of amides is 2. The van der Waals surface area contributed by atoms with Crippen molar-refractivity contribution in [3.8, 4) is 0 Å². The predicted molar refractivity (Wildman–Crippen MR) is 101 cm³/mol. The number of fused-ring (bicyclic) bond motifs is 1. The largest absolute Gasteiger partial charge is 0.358 e. The Kier molecular flexibility index (Phi) is 5.65. The number of carbonyl (C=O) groups excluding carboxylic acids is 2. The third-order valence-electron chi connectivity index (χ3n) is 4.78. The van der Waals surface area contributed by atoms with Crippen LogP contribution in [0.4, 0.5) is 5.82 Å². The fraction of sp³-hybridized carbons (Fsp3) is 0.474. The molecule has 1 fully saturated rings. The number of benzene rings is 1. The van der Waals surface area contributed by atoms with Crippen LogP contribution in [-0.2, 0) is 4.79 Å². The minimum absolute atomic E-state index is 0.212. The zero-order chi connectivity index (χ0) is 18.5. The third-order valence-corrected chi connectivity index (χ3v) is 4.78. The molecule has 1 aliphatic rings. The summed E-state index contributed by atoms with van der Waals surface area (Å²) >= 11 is 0. The molecule has 1 N–H and O–H groups in total. The SMILES string of the molecule is CCN(C)c1nnc(C(=O)NCCCN2CCCC2=O)c2ccccc12. The first-order valence-electron chi connectivity index (χ1n) is 9.14. The Morgan fingerprint density at radius 3 is 2.73 bits per heavy atom. The molecule has 0 radical (unpaired) electrons. The summed E-state index contributed by atoms with van der Waals surface area (Å²) in [6.07, 6.45) is 2.32. The number of nitrogens with one attached hydrogen (secondary N) is 1. The van der Waals surface area contributed by atoms with E-state index in [4.69, 9.17) is 0 Å². The zero-order valence-corrected chi connectivity index (χ0v) is 15.4. The summed E-state index contributed by atoms with van der Waals surface area (Å²) in [5, 5.41) is 13.1. The lowest BCUT2D eigenvalue weighted by atomic mass is 10.1. The average Bonchev–Trinajstić information content (AvgIpc) is 3.08. The van der Waals surface area contributed by atoms with Crippen LogP contribution in [0.1, 0.15) is 36.7 Å². The van der Waals surface area contributed by atoms with Gasteiger partial charge in [0.05, 0.1) is 0 Å². The molecule has 1 aromatic carbocycles. The number of carbonyl (C=O) groups is 2. The Balaban J connectivity index is 1.67. The van der Waals surface area contributed by atoms with Crippen LogP contribution in [0.3, 0.4) is 0 Å². The van der Waals surface area contributed by atoms with E-state index in [1.165, 1.54) is 0 Å². The van der Waals surface area contributed by atoms with Crippen molar-refractivity contribution in [3.05, 3.63) is 30.0 Å². The van der Waals surface area contributed by atoms with E-state index in [0.717, 1.165) is 42.5 Å². The summed E-state index contributed by atoms with van der Waals surface area (Å²) in [6, 6.07) is 7.69. The fourth-order valence-electron chi connectivity index (χ4n) is 3.19. The topological polar surface area (TPSA) is 78.4 Å². The highest BCUT2D eigenvalue weighted by Gasteiger charge is 2.20. The molecule has 2 aromatic rings. The lowest BCUT2D eigenvalue weighted by Gasteiger charge is -2.18. The molecule has 7 heteroatoms. The molecular weight excluding hydrogens is 330 g/mol. The molecule has 3 rings (SSSR count). The number of anilines is 1. The second kappa shape index (κ2) is 8.12. The summed E-state index contributed by atoms with van der Waals surface area (Å²) in [7, 11) is 1.95. The number of nitrogens with zero attached hydrogens (tertiary/aromatic N) is 4. The standard InChI is InChI=1S/C19H25N5O2/c1-3-23(2)18-15-9-5-4-8-14(15)17(21-22-18)19(26)20-11-7-13-24-12-6-10-16(24)25/h4-5,8-9H,3,6-7,10-13H2,1-2H3,(H,20,26). The van der Waals surface area contributed by atoms with Gasteiger partial charge in [-0.05, 0) is 19.8 Å². The molecule has 0 spiro atoms. The van der Waals surface area contributed by atoms with Gasteiger partial charge >= 0.3 is 0 Å². The number of aromatic nitrogens is 2. The number of likely N-dealkylation sites (tertiary alicyclic amines) is 1. The highest BCUT2D eigenvalue weighted by atomic mass is 16.2. The van der Waals surface area contributed by atoms with E-state index < -0.39 is 0 Å². The van der Waals surface area contributed by atoms with E-state index in [1.807, 2.05) is 48.0 Å². The van der Waals surface area contributed by atoms with Gasteiger partial charge in [-0.25, -0.2) is 0 Å². The minimum Gasteiger partial charge on any atom is -0.358 e. The molecule has 0 atom stereocenters. The molecule has 138 valence electrons. The highest BCUT2D eigenvalue weighted by Crippen LogP contribution is 2.25. The molecule has 1 aliphatic heterocycles. The van der Waals surface area contributed by atoms with Crippen molar-refractivity contribution in [3.63, 3.8) is 0 Å². The lowest BCUT2D eigenvalue weighted by Crippen LogP contribution is -2.31. The van der Waals surface area contributed by atoms with Crippen LogP contribution in [-0.4, -0.2) is 60.1 Å². The normalized spacial score (nSPS) is 14.1. The Morgan fingerprint density at radius 2 is 2.04 bits per heavy atom. The molecule has 26 heavy (non-hydrogen) atoms. The van der Waals surface area contributed by atoms with Gasteiger partial charge in [0.15, 0.2) is 11.5 Å². The van der Waals surface area contributed by atoms with Crippen molar-refractivity contribution in [2.45, 2.75) is 26.2 Å². The second-order valence-corrected chi connectivity index (χ2v) is 6.53. The number of rotatable bonds is 7. The zero-order valence-electron chi connectivity index (χ0n) is 15.4. The minimum atomic E-state index is -0.229. The van der Waals surface area contributed by atoms with E-state index in [0.29, 0.717) is 25.2 Å². The monoisotopic (exact) mass is 355 g/mol. The molecule has 0 aliphatic carbocycles. The van der Waals surface area contributed by atoms with Crippen molar-refractivity contribution in [2.75, 3.05) is 38.1 Å². The maximum atomic E-state index is 12.6. The van der Waals surface area contributed by atoms with Gasteiger partial charge in [-0.2, -0.15) is 0 Å². The summed E-state index contributed by atoms with van der Waals surface area (Å²) in [5.41, 5.74) is 0.339. The maximum Gasteiger partial charge on any atom is 0.272 e. The molecule has 7 nitrogen and oxygen atoms in total. The van der Waals surface area contributed by atoms with Gasteiger partial charge < -0.3 is 15.1 Å². The molecule has 2 heterocycles. The Labute approximate surface area is 153 Å². The van der Waals surface area contributed by atoms with Crippen LogP contribution in [0.2, 0.25) is 0 Å². The summed E-state index contributed by atoms with van der Waals surface area (Å²) in [4.78, 5) is 28.0. The van der Waals surface area contributed by atoms with Crippen molar-refractivity contribution in [2.24, 2.45) is 0 Å². The third kappa shape index (κ3) is 3.76. The Morgan fingerprint density at radius 1 is 1.27 bits per heavy atom.